The molecule has 0 aromatic heterocycles. The van der Waals surface area contributed by atoms with Gasteiger partial charge in [0.15, 0.2) is 0 Å². The van der Waals surface area contributed by atoms with Crippen LogP contribution in [0.5, 0.6) is 5.75 Å². The zero-order valence-electron chi connectivity index (χ0n) is 15.2. The summed E-state index contributed by atoms with van der Waals surface area (Å²) in [5, 5.41) is 5.68. The number of rotatable bonds is 5. The number of anilines is 2. The number of carbonyl (C=O) groups excluding carboxylic acids is 2. The van der Waals surface area contributed by atoms with Gasteiger partial charge in [-0.15, -0.1) is 0 Å². The highest BCUT2D eigenvalue weighted by Gasteiger charge is 2.10. The Morgan fingerprint density at radius 1 is 0.778 bits per heavy atom. The van der Waals surface area contributed by atoms with E-state index < -0.39 is 0 Å². The third-order valence-corrected chi connectivity index (χ3v) is 4.13. The van der Waals surface area contributed by atoms with Crippen LogP contribution in [0.2, 0.25) is 0 Å². The molecule has 3 rings (SSSR count). The molecule has 27 heavy (non-hydrogen) atoms. The minimum atomic E-state index is -0.255. The van der Waals surface area contributed by atoms with Crippen molar-refractivity contribution in [2.75, 3.05) is 17.7 Å². The average molecular weight is 360 g/mol. The van der Waals surface area contributed by atoms with Crippen molar-refractivity contribution in [1.82, 2.24) is 0 Å². The van der Waals surface area contributed by atoms with Gasteiger partial charge in [0.25, 0.3) is 11.8 Å². The summed E-state index contributed by atoms with van der Waals surface area (Å²) in [5.74, 6) is 0.189. The number of para-hydroxylation sites is 1. The highest BCUT2D eigenvalue weighted by Crippen LogP contribution is 2.18. The Labute approximate surface area is 158 Å². The lowest BCUT2D eigenvalue weighted by Crippen LogP contribution is -2.14. The third-order valence-electron chi connectivity index (χ3n) is 4.13. The normalized spacial score (nSPS) is 10.1. The molecule has 0 aliphatic heterocycles. The molecule has 2 amide bonds. The van der Waals surface area contributed by atoms with Crippen molar-refractivity contribution in [2.24, 2.45) is 0 Å². The maximum atomic E-state index is 12.4. The highest BCUT2D eigenvalue weighted by molar-refractivity contribution is 6.07. The monoisotopic (exact) mass is 360 g/mol. The molecule has 0 heterocycles. The Hall–Kier alpha value is -3.60. The molecule has 0 saturated heterocycles. The summed E-state index contributed by atoms with van der Waals surface area (Å²) >= 11 is 0. The van der Waals surface area contributed by atoms with Gasteiger partial charge in [-0.2, -0.15) is 0 Å². The fourth-order valence-corrected chi connectivity index (χ4v) is 2.58. The number of amides is 2. The van der Waals surface area contributed by atoms with E-state index in [1.165, 1.54) is 0 Å². The van der Waals surface area contributed by atoms with Gasteiger partial charge >= 0.3 is 0 Å². The summed E-state index contributed by atoms with van der Waals surface area (Å²) < 4.78 is 5.15. The number of carbonyl (C=O) groups is 2. The van der Waals surface area contributed by atoms with E-state index >= 15 is 0 Å². The molecule has 0 aliphatic carbocycles. The first-order valence-corrected chi connectivity index (χ1v) is 8.49. The zero-order chi connectivity index (χ0) is 19.2. The van der Waals surface area contributed by atoms with Gasteiger partial charge in [0, 0.05) is 28.6 Å². The zero-order valence-corrected chi connectivity index (χ0v) is 15.2. The van der Waals surface area contributed by atoms with Gasteiger partial charge in [-0.05, 0) is 55.0 Å². The van der Waals surface area contributed by atoms with Crippen LogP contribution < -0.4 is 15.4 Å². The molecule has 5 nitrogen and oxygen atoms in total. The van der Waals surface area contributed by atoms with Gasteiger partial charge in [-0.3, -0.25) is 9.59 Å². The second kappa shape index (κ2) is 8.19. The first-order chi connectivity index (χ1) is 13.1. The molecule has 2 N–H and O–H groups in total. The van der Waals surface area contributed by atoms with Gasteiger partial charge in [-0.1, -0.05) is 24.3 Å². The Kier molecular flexibility index (Phi) is 5.52. The lowest BCUT2D eigenvalue weighted by atomic mass is 10.1. The molecule has 0 atom stereocenters. The average Bonchev–Trinajstić information content (AvgIpc) is 2.70. The predicted molar refractivity (Wildman–Crippen MR) is 107 cm³/mol. The predicted octanol–water partition coefficient (Wildman–Crippen LogP) is 4.51. The second-order valence-electron chi connectivity index (χ2n) is 6.03. The van der Waals surface area contributed by atoms with Crippen LogP contribution in [0, 0.1) is 6.92 Å². The first kappa shape index (κ1) is 18.2. The van der Waals surface area contributed by atoms with Crippen LogP contribution in [0.25, 0.3) is 0 Å². The van der Waals surface area contributed by atoms with E-state index in [0.29, 0.717) is 22.6 Å². The lowest BCUT2D eigenvalue weighted by Gasteiger charge is -2.09. The number of hydrogen-bond acceptors (Lipinski definition) is 3. The SMILES string of the molecule is COc1cccc(NC(=O)c2ccc(C(=O)Nc3ccccc3C)cc2)c1. The molecule has 0 unspecified atom stereocenters. The fourth-order valence-electron chi connectivity index (χ4n) is 2.58. The van der Waals surface area contributed by atoms with Crippen molar-refractivity contribution in [2.45, 2.75) is 6.92 Å². The van der Waals surface area contributed by atoms with Crippen LogP contribution in [0.3, 0.4) is 0 Å². The van der Waals surface area contributed by atoms with E-state index in [1.807, 2.05) is 31.2 Å². The number of benzene rings is 3. The van der Waals surface area contributed by atoms with Crippen molar-refractivity contribution in [3.8, 4) is 5.75 Å². The van der Waals surface area contributed by atoms with Crippen molar-refractivity contribution in [1.29, 1.82) is 0 Å². The van der Waals surface area contributed by atoms with Crippen molar-refractivity contribution < 1.29 is 14.3 Å². The lowest BCUT2D eigenvalue weighted by molar-refractivity contribution is 0.101. The largest absolute Gasteiger partial charge is 0.497 e. The molecule has 0 radical (unpaired) electrons. The van der Waals surface area contributed by atoms with Crippen LogP contribution in [0.15, 0.2) is 72.8 Å². The van der Waals surface area contributed by atoms with Gasteiger partial charge in [0.2, 0.25) is 0 Å². The number of hydrogen-bond donors (Lipinski definition) is 2. The third kappa shape index (κ3) is 4.52. The molecule has 0 fully saturated rings. The topological polar surface area (TPSA) is 67.4 Å². The molecular formula is C22H20N2O3. The summed E-state index contributed by atoms with van der Waals surface area (Å²) in [6.45, 7) is 1.93. The van der Waals surface area contributed by atoms with E-state index in [4.69, 9.17) is 4.74 Å². The minimum Gasteiger partial charge on any atom is -0.497 e. The van der Waals surface area contributed by atoms with E-state index in [1.54, 1.807) is 55.6 Å². The highest BCUT2D eigenvalue weighted by atomic mass is 16.5. The molecular weight excluding hydrogens is 340 g/mol. The first-order valence-electron chi connectivity index (χ1n) is 8.49. The summed E-state index contributed by atoms with van der Waals surface area (Å²) in [6, 6.07) is 21.2. The van der Waals surface area contributed by atoms with E-state index in [2.05, 4.69) is 10.6 Å². The van der Waals surface area contributed by atoms with Crippen LogP contribution in [-0.4, -0.2) is 18.9 Å². The molecule has 5 heteroatoms. The van der Waals surface area contributed by atoms with Crippen molar-refractivity contribution in [3.05, 3.63) is 89.5 Å². The Morgan fingerprint density at radius 2 is 1.41 bits per heavy atom. The summed E-state index contributed by atoms with van der Waals surface area (Å²) in [4.78, 5) is 24.8. The molecule has 3 aromatic rings. The smallest absolute Gasteiger partial charge is 0.255 e. The Balaban J connectivity index is 1.68. The molecule has 3 aromatic carbocycles. The fraction of sp³-hybridized carbons (Fsp3) is 0.0909. The van der Waals surface area contributed by atoms with E-state index in [-0.39, 0.29) is 11.8 Å². The number of methoxy groups -OCH3 is 1. The Bertz CT molecular complexity index is 965. The molecule has 136 valence electrons. The number of nitrogens with one attached hydrogen (secondary N) is 2. The van der Waals surface area contributed by atoms with Crippen molar-refractivity contribution >= 4 is 23.2 Å². The van der Waals surface area contributed by atoms with Gasteiger partial charge in [-0.25, -0.2) is 0 Å². The second-order valence-corrected chi connectivity index (χ2v) is 6.03. The van der Waals surface area contributed by atoms with Crippen molar-refractivity contribution in [3.63, 3.8) is 0 Å². The molecule has 0 aliphatic rings. The standard InChI is InChI=1S/C22H20N2O3/c1-15-6-3-4-9-20(15)24-22(26)17-12-10-16(11-13-17)21(25)23-18-7-5-8-19(14-18)27-2/h3-14H,1-2H3,(H,23,25)(H,24,26). The molecule has 0 bridgehead atoms. The number of aryl methyl sites for hydroxylation is 1. The maximum Gasteiger partial charge on any atom is 0.255 e. The van der Waals surface area contributed by atoms with Crippen LogP contribution in [0.1, 0.15) is 26.3 Å². The van der Waals surface area contributed by atoms with Gasteiger partial charge in [0.05, 0.1) is 7.11 Å². The summed E-state index contributed by atoms with van der Waals surface area (Å²) in [5.41, 5.74) is 3.34. The minimum absolute atomic E-state index is 0.218. The van der Waals surface area contributed by atoms with Gasteiger partial charge < -0.3 is 15.4 Å². The van der Waals surface area contributed by atoms with E-state index in [9.17, 15) is 9.59 Å². The Morgan fingerprint density at radius 3 is 2.04 bits per heavy atom. The summed E-state index contributed by atoms with van der Waals surface area (Å²) in [7, 11) is 1.57. The van der Waals surface area contributed by atoms with Crippen LogP contribution >= 0.6 is 0 Å². The van der Waals surface area contributed by atoms with E-state index in [0.717, 1.165) is 11.3 Å². The van der Waals surface area contributed by atoms with Crippen LogP contribution in [0.4, 0.5) is 11.4 Å². The summed E-state index contributed by atoms with van der Waals surface area (Å²) in [6.07, 6.45) is 0. The van der Waals surface area contributed by atoms with Crippen LogP contribution in [-0.2, 0) is 0 Å². The maximum absolute atomic E-state index is 12.4. The number of ether oxygens (including phenoxy) is 1. The van der Waals surface area contributed by atoms with Gasteiger partial charge in [0.1, 0.15) is 5.75 Å². The quantitative estimate of drug-likeness (QED) is 0.703. The molecule has 0 spiro atoms. The molecule has 0 saturated carbocycles.